The van der Waals surface area contributed by atoms with Crippen LogP contribution in [0.3, 0.4) is 0 Å². The highest BCUT2D eigenvalue weighted by atomic mass is 16.3. The molecular formula is C14H21NO+. The van der Waals surface area contributed by atoms with E-state index in [1.165, 1.54) is 5.56 Å². The largest absolute Gasteiger partial charge is 0.393 e. The Balaban J connectivity index is 1.82. The number of aliphatic hydroxyl groups excluding tert-OH is 1. The van der Waals surface area contributed by atoms with Gasteiger partial charge in [-0.2, -0.15) is 4.90 Å². The number of aliphatic hydroxyl groups is 1. The van der Waals surface area contributed by atoms with Gasteiger partial charge in [0, 0.05) is 18.4 Å². The Bertz CT molecular complexity index is 302. The van der Waals surface area contributed by atoms with Crippen LogP contribution in [0.5, 0.6) is 0 Å². The fraction of sp³-hybridized carbons (Fsp3) is 0.571. The SMILES string of the molecule is CC(O)C1CC[N+](Cc2ccccc2)CC1. The highest BCUT2D eigenvalue weighted by molar-refractivity contribution is 5.14. The maximum absolute atomic E-state index is 9.53. The summed E-state index contributed by atoms with van der Waals surface area (Å²) in [5, 5.41) is 9.53. The number of likely N-dealkylation sites (tertiary alicyclic amines) is 1. The van der Waals surface area contributed by atoms with Gasteiger partial charge in [0.05, 0.1) is 6.10 Å². The first-order valence-corrected chi connectivity index (χ1v) is 6.20. The van der Waals surface area contributed by atoms with Crippen LogP contribution >= 0.6 is 0 Å². The lowest BCUT2D eigenvalue weighted by molar-refractivity contribution is 0.0912. The minimum Gasteiger partial charge on any atom is -0.393 e. The van der Waals surface area contributed by atoms with Gasteiger partial charge < -0.3 is 5.11 Å². The molecular weight excluding hydrogens is 198 g/mol. The summed E-state index contributed by atoms with van der Waals surface area (Å²) in [5.74, 6) is 0.507. The van der Waals surface area contributed by atoms with Crippen molar-refractivity contribution in [2.24, 2.45) is 5.92 Å². The predicted molar refractivity (Wildman–Crippen MR) is 66.4 cm³/mol. The average Bonchev–Trinajstić information content (AvgIpc) is 2.31. The molecule has 1 heterocycles. The van der Waals surface area contributed by atoms with Crippen LogP contribution in [0.15, 0.2) is 30.3 Å². The van der Waals surface area contributed by atoms with Crippen molar-refractivity contribution >= 4 is 0 Å². The number of benzene rings is 1. The van der Waals surface area contributed by atoms with E-state index in [9.17, 15) is 5.11 Å². The van der Waals surface area contributed by atoms with E-state index in [0.29, 0.717) is 5.92 Å². The van der Waals surface area contributed by atoms with Gasteiger partial charge in [-0.05, 0) is 12.8 Å². The van der Waals surface area contributed by atoms with Crippen LogP contribution in [0.4, 0.5) is 0 Å². The van der Waals surface area contributed by atoms with E-state index < -0.39 is 0 Å². The number of nitrogens with zero attached hydrogens (tertiary/aromatic N) is 1. The summed E-state index contributed by atoms with van der Waals surface area (Å²) < 4.78 is 0. The van der Waals surface area contributed by atoms with Crippen molar-refractivity contribution < 1.29 is 5.11 Å². The van der Waals surface area contributed by atoms with Crippen molar-refractivity contribution in [3.05, 3.63) is 35.9 Å². The molecule has 1 aliphatic heterocycles. The highest BCUT2D eigenvalue weighted by Crippen LogP contribution is 2.20. The molecule has 0 amide bonds. The molecule has 0 aromatic heterocycles. The van der Waals surface area contributed by atoms with Crippen molar-refractivity contribution in [1.82, 2.24) is 4.90 Å². The van der Waals surface area contributed by atoms with Crippen LogP contribution in [0, 0.1) is 5.92 Å². The molecule has 1 N–H and O–H groups in total. The van der Waals surface area contributed by atoms with Crippen LogP contribution < -0.4 is 4.90 Å². The molecule has 0 aliphatic carbocycles. The van der Waals surface area contributed by atoms with E-state index in [2.05, 4.69) is 35.2 Å². The molecule has 2 nitrogen and oxygen atoms in total. The molecule has 1 atom stereocenters. The fourth-order valence-corrected chi connectivity index (χ4v) is 2.44. The third-order valence-corrected chi connectivity index (χ3v) is 3.56. The summed E-state index contributed by atoms with van der Waals surface area (Å²) in [6.07, 6.45) is 2.12. The van der Waals surface area contributed by atoms with Gasteiger partial charge in [-0.1, -0.05) is 30.3 Å². The third kappa shape index (κ3) is 3.06. The normalized spacial score (nSPS) is 20.9. The summed E-state index contributed by atoms with van der Waals surface area (Å²) in [5.41, 5.74) is 1.39. The van der Waals surface area contributed by atoms with E-state index in [4.69, 9.17) is 0 Å². The molecule has 16 heavy (non-hydrogen) atoms. The molecule has 0 bridgehead atoms. The van der Waals surface area contributed by atoms with Crippen LogP contribution in [-0.4, -0.2) is 24.3 Å². The number of piperidine rings is 1. The lowest BCUT2D eigenvalue weighted by atomic mass is 9.92. The second kappa shape index (κ2) is 5.46. The summed E-state index contributed by atoms with van der Waals surface area (Å²) in [6, 6.07) is 10.6. The van der Waals surface area contributed by atoms with Gasteiger partial charge in [0.1, 0.15) is 19.6 Å². The zero-order valence-corrected chi connectivity index (χ0v) is 9.97. The molecule has 87 valence electrons. The van der Waals surface area contributed by atoms with Crippen molar-refractivity contribution in [3.8, 4) is 0 Å². The number of hydrogen-bond donors (Lipinski definition) is 1. The zero-order valence-electron chi connectivity index (χ0n) is 9.97. The van der Waals surface area contributed by atoms with Crippen LogP contribution in [-0.2, 0) is 6.54 Å². The van der Waals surface area contributed by atoms with Crippen LogP contribution in [0.25, 0.3) is 0 Å². The van der Waals surface area contributed by atoms with E-state index in [1.807, 2.05) is 6.92 Å². The van der Waals surface area contributed by atoms with Crippen molar-refractivity contribution in [2.75, 3.05) is 13.1 Å². The zero-order chi connectivity index (χ0) is 11.4. The minimum absolute atomic E-state index is 0.140. The van der Waals surface area contributed by atoms with Gasteiger partial charge in [0.2, 0.25) is 0 Å². The minimum atomic E-state index is -0.140. The molecule has 1 aromatic rings. The molecule has 1 aliphatic rings. The molecule has 2 rings (SSSR count). The van der Waals surface area contributed by atoms with Crippen molar-refractivity contribution in [3.63, 3.8) is 0 Å². The molecule has 0 saturated carbocycles. The Morgan fingerprint density at radius 1 is 1.25 bits per heavy atom. The monoisotopic (exact) mass is 219 g/mol. The number of hydrogen-bond acceptors (Lipinski definition) is 2. The smallest absolute Gasteiger partial charge is 0.148 e. The van der Waals surface area contributed by atoms with Gasteiger partial charge >= 0.3 is 0 Å². The van der Waals surface area contributed by atoms with Crippen molar-refractivity contribution in [1.29, 1.82) is 0 Å². The average molecular weight is 219 g/mol. The predicted octanol–water partition coefficient (Wildman–Crippen LogP) is 2.12. The lowest BCUT2D eigenvalue weighted by Crippen LogP contribution is -2.40. The molecule has 1 radical (unpaired) electrons. The summed E-state index contributed by atoms with van der Waals surface area (Å²) >= 11 is 0. The first kappa shape index (κ1) is 11.6. The van der Waals surface area contributed by atoms with E-state index in [0.717, 1.165) is 32.5 Å². The Kier molecular flexibility index (Phi) is 3.97. The fourth-order valence-electron chi connectivity index (χ4n) is 2.44. The summed E-state index contributed by atoms with van der Waals surface area (Å²) in [6.45, 7) is 5.19. The summed E-state index contributed by atoms with van der Waals surface area (Å²) in [7, 11) is 0. The Morgan fingerprint density at radius 2 is 1.88 bits per heavy atom. The van der Waals surface area contributed by atoms with Crippen LogP contribution in [0.2, 0.25) is 0 Å². The molecule has 1 fully saturated rings. The molecule has 1 saturated heterocycles. The van der Waals surface area contributed by atoms with Gasteiger partial charge in [0.15, 0.2) is 0 Å². The topological polar surface area (TPSA) is 26.1 Å². The standard InChI is InChI=1S/C14H21NO/c1-12(16)14-7-9-15(10-8-14)11-13-5-3-2-4-6-13/h2-6,12,14,16H,7-11H2,1H3/q+1. The second-order valence-electron chi connectivity index (χ2n) is 4.84. The van der Waals surface area contributed by atoms with Crippen molar-refractivity contribution in [2.45, 2.75) is 32.4 Å². The lowest BCUT2D eigenvalue weighted by Gasteiger charge is -2.26. The number of rotatable bonds is 3. The first-order valence-electron chi connectivity index (χ1n) is 6.20. The van der Waals surface area contributed by atoms with Gasteiger partial charge in [-0.3, -0.25) is 0 Å². The molecule has 1 aromatic carbocycles. The molecule has 0 spiro atoms. The van der Waals surface area contributed by atoms with Crippen LogP contribution in [0.1, 0.15) is 25.3 Å². The molecule has 1 unspecified atom stereocenters. The summed E-state index contributed by atoms with van der Waals surface area (Å²) in [4.78, 5) is 2.48. The van der Waals surface area contributed by atoms with E-state index in [1.54, 1.807) is 0 Å². The van der Waals surface area contributed by atoms with E-state index >= 15 is 0 Å². The van der Waals surface area contributed by atoms with Gasteiger partial charge in [-0.15, -0.1) is 0 Å². The Morgan fingerprint density at radius 3 is 2.44 bits per heavy atom. The maximum Gasteiger partial charge on any atom is 0.148 e. The highest BCUT2D eigenvalue weighted by Gasteiger charge is 2.28. The van der Waals surface area contributed by atoms with E-state index in [-0.39, 0.29) is 6.10 Å². The maximum atomic E-state index is 9.53. The quantitative estimate of drug-likeness (QED) is 0.774. The Labute approximate surface area is 97.9 Å². The third-order valence-electron chi connectivity index (χ3n) is 3.56. The first-order chi connectivity index (χ1) is 7.75. The second-order valence-corrected chi connectivity index (χ2v) is 4.84. The molecule has 2 heteroatoms. The Hall–Kier alpha value is -0.860. The van der Waals surface area contributed by atoms with Gasteiger partial charge in [0.25, 0.3) is 0 Å². The van der Waals surface area contributed by atoms with Gasteiger partial charge in [-0.25, -0.2) is 0 Å².